The van der Waals surface area contributed by atoms with Crippen molar-refractivity contribution in [1.29, 1.82) is 0 Å². The molecule has 0 unspecified atom stereocenters. The van der Waals surface area contributed by atoms with Crippen molar-refractivity contribution in [2.24, 2.45) is 0 Å². The summed E-state index contributed by atoms with van der Waals surface area (Å²) < 4.78 is 28.1. The number of hydrogen-bond donors (Lipinski definition) is 2. The third-order valence-corrected chi connectivity index (χ3v) is 8.71. The Kier molecular flexibility index (Phi) is 7.76. The van der Waals surface area contributed by atoms with E-state index in [4.69, 9.17) is 0 Å². The van der Waals surface area contributed by atoms with Crippen LogP contribution in [-0.2, 0) is 19.6 Å². The molecule has 8 nitrogen and oxygen atoms in total. The minimum absolute atomic E-state index is 0.0313. The molecule has 2 aromatic carbocycles. The molecule has 0 aromatic heterocycles. The van der Waals surface area contributed by atoms with Gasteiger partial charge < -0.3 is 15.5 Å². The van der Waals surface area contributed by atoms with E-state index in [0.29, 0.717) is 30.8 Å². The van der Waals surface area contributed by atoms with Gasteiger partial charge in [0.25, 0.3) is 0 Å². The zero-order chi connectivity index (χ0) is 25.0. The highest BCUT2D eigenvalue weighted by molar-refractivity contribution is 7.89. The quantitative estimate of drug-likeness (QED) is 0.600. The van der Waals surface area contributed by atoms with Gasteiger partial charge in [-0.2, -0.15) is 4.31 Å². The van der Waals surface area contributed by atoms with Gasteiger partial charge in [0.2, 0.25) is 21.8 Å². The second-order valence-electron chi connectivity index (χ2n) is 9.35. The van der Waals surface area contributed by atoms with E-state index >= 15 is 0 Å². The molecular formula is C26H34N4O4S. The van der Waals surface area contributed by atoms with Crippen molar-refractivity contribution in [2.75, 3.05) is 41.7 Å². The van der Waals surface area contributed by atoms with E-state index in [-0.39, 0.29) is 23.3 Å². The fraction of sp³-hybridized carbons (Fsp3) is 0.462. The predicted octanol–water partition coefficient (Wildman–Crippen LogP) is 4.05. The van der Waals surface area contributed by atoms with Gasteiger partial charge in [0, 0.05) is 43.1 Å². The minimum atomic E-state index is -3.61. The normalized spacial score (nSPS) is 17.3. The first-order chi connectivity index (χ1) is 16.8. The second kappa shape index (κ2) is 10.8. The highest BCUT2D eigenvalue weighted by Crippen LogP contribution is 2.28. The SMILES string of the molecule is Cc1cc(NCC(=O)Nc2ccc(C)c(S(=O)(=O)N3CCCCCC3)c2)ccc1N1CCCC1=O. The molecule has 4 rings (SSSR count). The topological polar surface area (TPSA) is 98.8 Å². The van der Waals surface area contributed by atoms with Crippen molar-refractivity contribution in [3.8, 4) is 0 Å². The van der Waals surface area contributed by atoms with E-state index in [1.807, 2.05) is 25.1 Å². The number of carbonyl (C=O) groups is 2. The number of amides is 2. The summed E-state index contributed by atoms with van der Waals surface area (Å²) in [6.07, 6.45) is 5.29. The Balaban J connectivity index is 1.39. The number of nitrogens with zero attached hydrogens (tertiary/aromatic N) is 2. The third-order valence-electron chi connectivity index (χ3n) is 6.67. The van der Waals surface area contributed by atoms with Gasteiger partial charge in [-0.05, 0) is 74.6 Å². The monoisotopic (exact) mass is 498 g/mol. The fourth-order valence-corrected chi connectivity index (χ4v) is 6.50. The summed E-state index contributed by atoms with van der Waals surface area (Å²) in [6.45, 7) is 5.56. The molecule has 2 saturated heterocycles. The van der Waals surface area contributed by atoms with E-state index in [1.165, 1.54) is 0 Å². The third kappa shape index (κ3) is 5.85. The second-order valence-corrected chi connectivity index (χ2v) is 11.3. The van der Waals surface area contributed by atoms with Crippen LogP contribution in [0.1, 0.15) is 49.7 Å². The number of carbonyl (C=O) groups excluding carboxylic acids is 2. The standard InChI is InChI=1S/C26H34N4O4S/c1-19-9-10-22(17-24(19)35(33,34)29-13-5-3-4-6-14-29)28-25(31)18-27-21-11-12-23(20(2)16-21)30-15-7-8-26(30)32/h9-12,16-17,27H,3-8,13-15,18H2,1-2H3,(H,28,31). The van der Waals surface area contributed by atoms with Crippen LogP contribution in [-0.4, -0.2) is 50.7 Å². The molecule has 0 aliphatic carbocycles. The van der Waals surface area contributed by atoms with Gasteiger partial charge in [0.05, 0.1) is 11.4 Å². The van der Waals surface area contributed by atoms with Crippen molar-refractivity contribution in [2.45, 2.75) is 57.3 Å². The van der Waals surface area contributed by atoms with Gasteiger partial charge in [-0.25, -0.2) is 8.42 Å². The molecule has 2 fully saturated rings. The summed E-state index contributed by atoms with van der Waals surface area (Å²) in [6, 6.07) is 10.7. The number of hydrogen-bond acceptors (Lipinski definition) is 5. The molecule has 2 N–H and O–H groups in total. The van der Waals surface area contributed by atoms with Gasteiger partial charge in [0.15, 0.2) is 0 Å². The predicted molar refractivity (Wildman–Crippen MR) is 138 cm³/mol. The summed E-state index contributed by atoms with van der Waals surface area (Å²) in [5.41, 5.74) is 3.77. The van der Waals surface area contributed by atoms with Crippen LogP contribution in [0.2, 0.25) is 0 Å². The first-order valence-electron chi connectivity index (χ1n) is 12.3. The van der Waals surface area contributed by atoms with Crippen LogP contribution in [0, 0.1) is 13.8 Å². The molecule has 0 radical (unpaired) electrons. The maximum absolute atomic E-state index is 13.3. The number of nitrogens with one attached hydrogen (secondary N) is 2. The summed E-state index contributed by atoms with van der Waals surface area (Å²) in [5.74, 6) is -0.132. The molecule has 2 amide bonds. The molecule has 2 aliphatic heterocycles. The smallest absolute Gasteiger partial charge is 0.243 e. The number of sulfonamides is 1. The van der Waals surface area contributed by atoms with Gasteiger partial charge in [-0.1, -0.05) is 18.9 Å². The lowest BCUT2D eigenvalue weighted by Gasteiger charge is -2.21. The molecule has 0 atom stereocenters. The van der Waals surface area contributed by atoms with E-state index in [1.54, 1.807) is 34.3 Å². The minimum Gasteiger partial charge on any atom is -0.376 e. The van der Waals surface area contributed by atoms with Crippen LogP contribution in [0.4, 0.5) is 17.1 Å². The number of aryl methyl sites for hydroxylation is 2. The lowest BCUT2D eigenvalue weighted by Crippen LogP contribution is -2.32. The Bertz CT molecular complexity index is 1200. The number of benzene rings is 2. The van der Waals surface area contributed by atoms with Crippen molar-refractivity contribution in [3.05, 3.63) is 47.5 Å². The molecule has 9 heteroatoms. The van der Waals surface area contributed by atoms with Crippen molar-refractivity contribution >= 4 is 38.9 Å². The van der Waals surface area contributed by atoms with E-state index in [9.17, 15) is 18.0 Å². The summed E-state index contributed by atoms with van der Waals surface area (Å²) >= 11 is 0. The average molecular weight is 499 g/mol. The van der Waals surface area contributed by atoms with Crippen LogP contribution in [0.5, 0.6) is 0 Å². The summed E-state index contributed by atoms with van der Waals surface area (Å²) in [7, 11) is -3.61. The number of rotatable bonds is 7. The van der Waals surface area contributed by atoms with Crippen molar-refractivity contribution < 1.29 is 18.0 Å². The molecule has 2 aliphatic rings. The lowest BCUT2D eigenvalue weighted by molar-refractivity contribution is -0.117. The van der Waals surface area contributed by atoms with E-state index < -0.39 is 10.0 Å². The zero-order valence-electron chi connectivity index (χ0n) is 20.5. The summed E-state index contributed by atoms with van der Waals surface area (Å²) in [4.78, 5) is 26.7. The molecule has 2 aromatic rings. The highest BCUT2D eigenvalue weighted by atomic mass is 32.2. The summed E-state index contributed by atoms with van der Waals surface area (Å²) in [5, 5.41) is 5.91. The van der Waals surface area contributed by atoms with E-state index in [0.717, 1.165) is 55.6 Å². The molecular weight excluding hydrogens is 464 g/mol. The van der Waals surface area contributed by atoms with Gasteiger partial charge in [0.1, 0.15) is 0 Å². The Morgan fingerprint density at radius 3 is 2.26 bits per heavy atom. The van der Waals surface area contributed by atoms with Gasteiger partial charge in [-0.15, -0.1) is 0 Å². The number of anilines is 3. The van der Waals surface area contributed by atoms with Gasteiger partial charge >= 0.3 is 0 Å². The van der Waals surface area contributed by atoms with E-state index in [2.05, 4.69) is 10.6 Å². The van der Waals surface area contributed by atoms with Crippen LogP contribution >= 0.6 is 0 Å². The Labute approximate surface area is 207 Å². The Morgan fingerprint density at radius 1 is 0.886 bits per heavy atom. The zero-order valence-corrected chi connectivity index (χ0v) is 21.3. The molecule has 188 valence electrons. The maximum atomic E-state index is 13.3. The van der Waals surface area contributed by atoms with Crippen LogP contribution in [0.15, 0.2) is 41.3 Å². The van der Waals surface area contributed by atoms with Crippen LogP contribution in [0.3, 0.4) is 0 Å². The van der Waals surface area contributed by atoms with Crippen molar-refractivity contribution in [3.63, 3.8) is 0 Å². The average Bonchev–Trinajstić information content (AvgIpc) is 3.06. The van der Waals surface area contributed by atoms with Crippen LogP contribution < -0.4 is 15.5 Å². The van der Waals surface area contributed by atoms with Crippen molar-refractivity contribution in [1.82, 2.24) is 4.31 Å². The first-order valence-corrected chi connectivity index (χ1v) is 13.8. The molecule has 0 spiro atoms. The highest BCUT2D eigenvalue weighted by Gasteiger charge is 2.27. The first kappa shape index (κ1) is 25.2. The van der Waals surface area contributed by atoms with Gasteiger partial charge in [-0.3, -0.25) is 9.59 Å². The lowest BCUT2D eigenvalue weighted by atomic mass is 10.1. The fourth-order valence-electron chi connectivity index (χ4n) is 4.74. The Morgan fingerprint density at radius 2 is 1.60 bits per heavy atom. The Hall–Kier alpha value is -2.91. The van der Waals surface area contributed by atoms with Crippen LogP contribution in [0.25, 0.3) is 0 Å². The molecule has 2 heterocycles. The molecule has 0 bridgehead atoms. The molecule has 0 saturated carbocycles. The molecule has 35 heavy (non-hydrogen) atoms. The largest absolute Gasteiger partial charge is 0.376 e. The maximum Gasteiger partial charge on any atom is 0.243 e.